The van der Waals surface area contributed by atoms with Crippen molar-refractivity contribution >= 4 is 17.6 Å². The summed E-state index contributed by atoms with van der Waals surface area (Å²) in [5.74, 6) is 0.595. The summed E-state index contributed by atoms with van der Waals surface area (Å²) in [4.78, 5) is 13.1. The van der Waals surface area contributed by atoms with Gasteiger partial charge < -0.3 is 9.73 Å². The zero-order valence-corrected chi connectivity index (χ0v) is 14.5. The van der Waals surface area contributed by atoms with Crippen molar-refractivity contribution in [1.82, 2.24) is 5.32 Å². The van der Waals surface area contributed by atoms with E-state index in [0.717, 1.165) is 24.8 Å². The van der Waals surface area contributed by atoms with E-state index in [0.29, 0.717) is 11.3 Å². The quantitative estimate of drug-likeness (QED) is 0.676. The zero-order valence-electron chi connectivity index (χ0n) is 14.5. The molecule has 1 aliphatic carbocycles. The Bertz CT molecular complexity index is 910. The first-order chi connectivity index (χ1) is 12.8. The van der Waals surface area contributed by atoms with Crippen molar-refractivity contribution in [2.45, 2.75) is 25.3 Å². The Morgan fingerprint density at radius 3 is 2.62 bits per heavy atom. The number of nitrogens with one attached hydrogen (secondary N) is 1. The molecule has 1 unspecified atom stereocenters. The van der Waals surface area contributed by atoms with Crippen molar-refractivity contribution in [3.8, 4) is 0 Å². The molecule has 0 saturated carbocycles. The minimum Gasteiger partial charge on any atom is -0.465 e. The van der Waals surface area contributed by atoms with Gasteiger partial charge in [0.25, 0.3) is 5.91 Å². The number of aryl methyl sites for hydroxylation is 1. The summed E-state index contributed by atoms with van der Waals surface area (Å²) in [6, 6.07) is 21.8. The number of hydrogen-bond acceptors (Lipinski definition) is 2. The molecular formula is C23H21NO2. The molecule has 26 heavy (non-hydrogen) atoms. The zero-order chi connectivity index (χ0) is 17.8. The van der Waals surface area contributed by atoms with Gasteiger partial charge in [0.1, 0.15) is 5.76 Å². The number of furan rings is 1. The van der Waals surface area contributed by atoms with Gasteiger partial charge >= 0.3 is 0 Å². The van der Waals surface area contributed by atoms with Gasteiger partial charge in [-0.25, -0.2) is 0 Å². The normalized spacial score (nSPS) is 16.8. The maximum absolute atomic E-state index is 13.1. The van der Waals surface area contributed by atoms with Gasteiger partial charge in [0.2, 0.25) is 0 Å². The summed E-state index contributed by atoms with van der Waals surface area (Å²) in [5.41, 5.74) is 4.06. The van der Waals surface area contributed by atoms with Gasteiger partial charge in [-0.05, 0) is 54.2 Å². The Labute approximate surface area is 153 Å². The van der Waals surface area contributed by atoms with E-state index in [1.165, 1.54) is 11.1 Å². The van der Waals surface area contributed by atoms with Crippen LogP contribution in [0.3, 0.4) is 0 Å². The Hall–Kier alpha value is -3.07. The van der Waals surface area contributed by atoms with E-state index in [1.807, 2.05) is 48.5 Å². The molecule has 3 aromatic rings. The summed E-state index contributed by atoms with van der Waals surface area (Å²) in [6.45, 7) is 0. The van der Waals surface area contributed by atoms with Crippen LogP contribution < -0.4 is 5.32 Å². The van der Waals surface area contributed by atoms with Gasteiger partial charge in [-0.2, -0.15) is 0 Å². The van der Waals surface area contributed by atoms with Gasteiger partial charge in [0, 0.05) is 0 Å². The molecule has 130 valence electrons. The standard InChI is InChI=1S/C23H21NO2/c25-23(24-22-14-6-11-17-10-4-5-13-20(17)22)21(16-19-12-7-15-26-19)18-8-2-1-3-9-18/h1-5,7-10,12-13,15-16,22H,6,11,14H2,(H,24,25)/b21-16+. The van der Waals surface area contributed by atoms with E-state index < -0.39 is 0 Å². The third-order valence-electron chi connectivity index (χ3n) is 4.83. The molecule has 1 heterocycles. The molecule has 1 N–H and O–H groups in total. The smallest absolute Gasteiger partial charge is 0.252 e. The molecule has 0 aliphatic heterocycles. The number of rotatable bonds is 4. The molecule has 0 spiro atoms. The second kappa shape index (κ2) is 7.44. The number of hydrogen-bond donors (Lipinski definition) is 1. The number of carbonyl (C=O) groups excluding carboxylic acids is 1. The third kappa shape index (κ3) is 3.47. The number of fused-ring (bicyclic) bond motifs is 1. The Morgan fingerprint density at radius 1 is 1.00 bits per heavy atom. The Balaban J connectivity index is 1.64. The van der Waals surface area contributed by atoms with Crippen molar-refractivity contribution < 1.29 is 9.21 Å². The molecule has 1 aliphatic rings. The topological polar surface area (TPSA) is 42.2 Å². The molecule has 4 rings (SSSR count). The first kappa shape index (κ1) is 16.4. The van der Waals surface area contributed by atoms with Crippen LogP contribution in [0.25, 0.3) is 11.6 Å². The third-order valence-corrected chi connectivity index (χ3v) is 4.83. The highest BCUT2D eigenvalue weighted by Crippen LogP contribution is 2.30. The molecule has 3 nitrogen and oxygen atoms in total. The lowest BCUT2D eigenvalue weighted by Crippen LogP contribution is -2.31. The predicted octanol–water partition coefficient (Wildman–Crippen LogP) is 5.01. The molecule has 3 heteroatoms. The van der Waals surface area contributed by atoms with E-state index in [2.05, 4.69) is 23.5 Å². The van der Waals surface area contributed by atoms with E-state index >= 15 is 0 Å². The van der Waals surface area contributed by atoms with Gasteiger partial charge in [0.05, 0.1) is 17.9 Å². The van der Waals surface area contributed by atoms with E-state index in [4.69, 9.17) is 4.42 Å². The van der Waals surface area contributed by atoms with Gasteiger partial charge in [-0.3, -0.25) is 4.79 Å². The summed E-state index contributed by atoms with van der Waals surface area (Å²) in [5, 5.41) is 3.24. The molecule has 0 fully saturated rings. The predicted molar refractivity (Wildman–Crippen MR) is 103 cm³/mol. The summed E-state index contributed by atoms with van der Waals surface area (Å²) in [6.07, 6.45) is 6.55. The maximum atomic E-state index is 13.1. The van der Waals surface area contributed by atoms with E-state index in [1.54, 1.807) is 12.3 Å². The molecule has 2 aromatic carbocycles. The number of benzene rings is 2. The fourth-order valence-corrected chi connectivity index (χ4v) is 3.55. The largest absolute Gasteiger partial charge is 0.465 e. The highest BCUT2D eigenvalue weighted by Gasteiger charge is 2.23. The minimum absolute atomic E-state index is 0.0520. The minimum atomic E-state index is -0.0747. The van der Waals surface area contributed by atoms with Crippen LogP contribution >= 0.6 is 0 Å². The van der Waals surface area contributed by atoms with Crippen LogP contribution in [-0.4, -0.2) is 5.91 Å². The fraction of sp³-hybridized carbons (Fsp3) is 0.174. The molecule has 1 atom stereocenters. The van der Waals surface area contributed by atoms with Crippen molar-refractivity contribution in [3.05, 3.63) is 95.4 Å². The lowest BCUT2D eigenvalue weighted by atomic mass is 9.87. The number of amides is 1. The van der Waals surface area contributed by atoms with Crippen molar-refractivity contribution in [2.75, 3.05) is 0 Å². The fourth-order valence-electron chi connectivity index (χ4n) is 3.55. The average Bonchev–Trinajstić information content (AvgIpc) is 3.20. The summed E-state index contributed by atoms with van der Waals surface area (Å²) < 4.78 is 5.43. The molecular weight excluding hydrogens is 322 g/mol. The second-order valence-electron chi connectivity index (χ2n) is 6.56. The van der Waals surface area contributed by atoms with Crippen molar-refractivity contribution in [2.24, 2.45) is 0 Å². The van der Waals surface area contributed by atoms with Crippen LogP contribution in [0, 0.1) is 0 Å². The molecule has 1 aromatic heterocycles. The molecule has 0 saturated heterocycles. The molecule has 0 bridgehead atoms. The second-order valence-corrected chi connectivity index (χ2v) is 6.56. The first-order valence-electron chi connectivity index (χ1n) is 9.00. The molecule has 1 amide bonds. The Kier molecular flexibility index (Phi) is 4.69. The van der Waals surface area contributed by atoms with Crippen LogP contribution in [0.15, 0.2) is 77.4 Å². The lowest BCUT2D eigenvalue weighted by Gasteiger charge is -2.26. The lowest BCUT2D eigenvalue weighted by molar-refractivity contribution is -0.116. The monoisotopic (exact) mass is 343 g/mol. The van der Waals surface area contributed by atoms with Crippen molar-refractivity contribution in [1.29, 1.82) is 0 Å². The first-order valence-corrected chi connectivity index (χ1v) is 9.00. The van der Waals surface area contributed by atoms with Gasteiger partial charge in [0.15, 0.2) is 0 Å². The van der Waals surface area contributed by atoms with Gasteiger partial charge in [-0.1, -0.05) is 54.6 Å². The highest BCUT2D eigenvalue weighted by atomic mass is 16.3. The summed E-state index contributed by atoms with van der Waals surface area (Å²) >= 11 is 0. The van der Waals surface area contributed by atoms with Gasteiger partial charge in [-0.15, -0.1) is 0 Å². The van der Waals surface area contributed by atoms with Crippen LogP contribution in [0.2, 0.25) is 0 Å². The number of carbonyl (C=O) groups is 1. The van der Waals surface area contributed by atoms with E-state index in [-0.39, 0.29) is 11.9 Å². The maximum Gasteiger partial charge on any atom is 0.252 e. The average molecular weight is 343 g/mol. The highest BCUT2D eigenvalue weighted by molar-refractivity contribution is 6.24. The van der Waals surface area contributed by atoms with Crippen LogP contribution in [0.5, 0.6) is 0 Å². The summed E-state index contributed by atoms with van der Waals surface area (Å²) in [7, 11) is 0. The van der Waals surface area contributed by atoms with Crippen LogP contribution in [-0.2, 0) is 11.2 Å². The van der Waals surface area contributed by atoms with Crippen molar-refractivity contribution in [3.63, 3.8) is 0 Å². The van der Waals surface area contributed by atoms with Crippen LogP contribution in [0.4, 0.5) is 0 Å². The molecule has 0 radical (unpaired) electrons. The van der Waals surface area contributed by atoms with Crippen LogP contribution in [0.1, 0.15) is 41.3 Å². The van der Waals surface area contributed by atoms with E-state index in [9.17, 15) is 4.79 Å². The SMILES string of the molecule is O=C(NC1CCCc2ccccc21)/C(=C/c1ccco1)c1ccccc1. The Morgan fingerprint density at radius 2 is 1.81 bits per heavy atom.